The molecule has 0 fully saturated rings. The smallest absolute Gasteiger partial charge is 0.253 e. The van der Waals surface area contributed by atoms with Crippen LogP contribution in [0.5, 0.6) is 0 Å². The lowest BCUT2D eigenvalue weighted by atomic mass is 10.4. The average Bonchev–Trinajstić information content (AvgIpc) is 2.74. The van der Waals surface area contributed by atoms with Crippen LogP contribution in [0.3, 0.4) is 0 Å². The lowest BCUT2D eigenvalue weighted by molar-refractivity contribution is 0.392. The van der Waals surface area contributed by atoms with Crippen LogP contribution in [-0.2, 0) is 16.4 Å². The molecule has 0 saturated carbocycles. The normalized spacial score (nSPS) is 12.3. The minimum atomic E-state index is -3.50. The maximum absolute atomic E-state index is 12.5. The van der Waals surface area contributed by atoms with Crippen molar-refractivity contribution in [2.75, 3.05) is 6.54 Å². The predicted octanol–water partition coefficient (Wildman–Crippen LogP) is 2.00. The fraction of sp³-hybridized carbons (Fsp3) is 0.545. The first-order chi connectivity index (χ1) is 8.28. The van der Waals surface area contributed by atoms with Gasteiger partial charge in [0, 0.05) is 10.9 Å². The molecule has 4 nitrogen and oxygen atoms in total. The van der Waals surface area contributed by atoms with Crippen molar-refractivity contribution < 1.29 is 8.42 Å². The summed E-state index contributed by atoms with van der Waals surface area (Å²) >= 11 is 6.11. The Bertz CT molecular complexity index is 520. The van der Waals surface area contributed by atoms with Gasteiger partial charge in [0.1, 0.15) is 4.21 Å². The van der Waals surface area contributed by atoms with Gasteiger partial charge in [-0.3, -0.25) is 0 Å². The zero-order chi connectivity index (χ0) is 13.9. The molecule has 0 aliphatic carbocycles. The molecule has 0 radical (unpaired) electrons. The van der Waals surface area contributed by atoms with Gasteiger partial charge in [0.25, 0.3) is 10.0 Å². The number of thiocarbonyl (C=S) groups is 1. The van der Waals surface area contributed by atoms with Gasteiger partial charge >= 0.3 is 0 Å². The molecular formula is C11H18N2O2S3. The van der Waals surface area contributed by atoms with E-state index in [9.17, 15) is 8.42 Å². The Morgan fingerprint density at radius 3 is 2.50 bits per heavy atom. The molecule has 1 aromatic rings. The third-order valence-corrected chi connectivity index (χ3v) is 6.28. The van der Waals surface area contributed by atoms with Gasteiger partial charge < -0.3 is 5.73 Å². The number of hydrogen-bond acceptors (Lipinski definition) is 4. The summed E-state index contributed by atoms with van der Waals surface area (Å²) in [5.74, 6) is 0. The topological polar surface area (TPSA) is 63.4 Å². The maximum Gasteiger partial charge on any atom is 0.253 e. The first kappa shape index (κ1) is 15.6. The average molecular weight is 306 g/mol. The Morgan fingerprint density at radius 1 is 1.50 bits per heavy atom. The molecule has 0 saturated heterocycles. The van der Waals surface area contributed by atoms with Crippen LogP contribution in [-0.4, -0.2) is 30.3 Å². The van der Waals surface area contributed by atoms with E-state index in [0.717, 1.165) is 11.3 Å². The zero-order valence-corrected chi connectivity index (χ0v) is 13.2. The Labute approximate surface area is 118 Å². The number of hydrogen-bond donors (Lipinski definition) is 1. The van der Waals surface area contributed by atoms with Crippen LogP contribution in [0, 0.1) is 0 Å². The largest absolute Gasteiger partial charge is 0.392 e. The van der Waals surface area contributed by atoms with Crippen LogP contribution in [0.1, 0.15) is 25.6 Å². The third kappa shape index (κ3) is 3.50. The highest BCUT2D eigenvalue weighted by Gasteiger charge is 2.28. The van der Waals surface area contributed by atoms with Crippen molar-refractivity contribution in [1.82, 2.24) is 4.31 Å². The van der Waals surface area contributed by atoms with Crippen LogP contribution in [0.15, 0.2) is 16.3 Å². The first-order valence-corrected chi connectivity index (χ1v) is 8.34. The van der Waals surface area contributed by atoms with E-state index in [1.807, 2.05) is 26.8 Å². The van der Waals surface area contributed by atoms with Crippen molar-refractivity contribution in [3.05, 3.63) is 17.0 Å². The highest BCUT2D eigenvalue weighted by molar-refractivity contribution is 7.91. The van der Waals surface area contributed by atoms with E-state index in [1.54, 1.807) is 6.07 Å². The second kappa shape index (κ2) is 6.10. The van der Waals surface area contributed by atoms with Crippen LogP contribution >= 0.6 is 23.6 Å². The van der Waals surface area contributed by atoms with Gasteiger partial charge in [0.05, 0.1) is 11.5 Å². The number of thiophene rings is 1. The minimum absolute atomic E-state index is 0.0781. The molecule has 18 heavy (non-hydrogen) atoms. The Morgan fingerprint density at radius 2 is 2.11 bits per heavy atom. The fourth-order valence-electron chi connectivity index (χ4n) is 1.50. The molecule has 102 valence electrons. The number of nitrogens with zero attached hydrogens (tertiary/aromatic N) is 1. The molecule has 2 N–H and O–H groups in total. The van der Waals surface area contributed by atoms with Crippen molar-refractivity contribution in [2.24, 2.45) is 5.73 Å². The quantitative estimate of drug-likeness (QED) is 0.817. The molecule has 0 aromatic carbocycles. The molecule has 1 heterocycles. The second-order valence-corrected chi connectivity index (χ2v) is 7.99. The van der Waals surface area contributed by atoms with Crippen LogP contribution in [0.4, 0.5) is 0 Å². The van der Waals surface area contributed by atoms with Gasteiger partial charge in [0.15, 0.2) is 0 Å². The Hall–Kier alpha value is -0.500. The summed E-state index contributed by atoms with van der Waals surface area (Å²) in [6.07, 6.45) is 0.831. The van der Waals surface area contributed by atoms with E-state index in [2.05, 4.69) is 0 Å². The summed E-state index contributed by atoms with van der Waals surface area (Å²) < 4.78 is 26.6. The molecule has 0 spiro atoms. The number of rotatable bonds is 6. The first-order valence-electron chi connectivity index (χ1n) is 5.68. The highest BCUT2D eigenvalue weighted by atomic mass is 32.2. The molecule has 0 atom stereocenters. The standard InChI is InChI=1S/C11H18N2O2S3/c1-4-9-5-6-11(17-9)18(14,15)13(8(2)3)7-10(12)16/h5-6,8H,4,7H2,1-3H3,(H2,12,16). The zero-order valence-electron chi connectivity index (χ0n) is 10.7. The Kier molecular flexibility index (Phi) is 5.27. The summed E-state index contributed by atoms with van der Waals surface area (Å²) in [5.41, 5.74) is 5.47. The summed E-state index contributed by atoms with van der Waals surface area (Å²) in [5, 5.41) is 0. The van der Waals surface area contributed by atoms with Crippen molar-refractivity contribution in [3.8, 4) is 0 Å². The molecular weight excluding hydrogens is 288 g/mol. The van der Waals surface area contributed by atoms with E-state index < -0.39 is 10.0 Å². The lowest BCUT2D eigenvalue weighted by Gasteiger charge is -2.24. The predicted molar refractivity (Wildman–Crippen MR) is 79.5 cm³/mol. The SMILES string of the molecule is CCc1ccc(S(=O)(=O)N(CC(N)=S)C(C)C)s1. The lowest BCUT2D eigenvalue weighted by Crippen LogP contribution is -2.41. The third-order valence-electron chi connectivity index (χ3n) is 2.44. The monoisotopic (exact) mass is 306 g/mol. The van der Waals surface area contributed by atoms with Gasteiger partial charge in [-0.25, -0.2) is 8.42 Å². The van der Waals surface area contributed by atoms with Gasteiger partial charge in [0.2, 0.25) is 0 Å². The van der Waals surface area contributed by atoms with Crippen molar-refractivity contribution in [2.45, 2.75) is 37.4 Å². The highest BCUT2D eigenvalue weighted by Crippen LogP contribution is 2.26. The van der Waals surface area contributed by atoms with E-state index >= 15 is 0 Å². The van der Waals surface area contributed by atoms with Gasteiger partial charge in [-0.2, -0.15) is 4.31 Å². The van der Waals surface area contributed by atoms with E-state index in [1.165, 1.54) is 15.6 Å². The van der Waals surface area contributed by atoms with Crippen LogP contribution in [0.25, 0.3) is 0 Å². The molecule has 0 unspecified atom stereocenters. The summed E-state index contributed by atoms with van der Waals surface area (Å²) in [6.45, 7) is 5.69. The summed E-state index contributed by atoms with van der Waals surface area (Å²) in [6, 6.07) is 3.31. The van der Waals surface area contributed by atoms with Crippen LogP contribution in [0.2, 0.25) is 0 Å². The molecule has 1 rings (SSSR count). The number of nitrogens with two attached hydrogens (primary N) is 1. The molecule has 0 amide bonds. The molecule has 0 bridgehead atoms. The molecule has 0 aliphatic heterocycles. The van der Waals surface area contributed by atoms with E-state index in [4.69, 9.17) is 18.0 Å². The maximum atomic E-state index is 12.5. The Balaban J connectivity index is 3.12. The van der Waals surface area contributed by atoms with E-state index in [0.29, 0.717) is 4.21 Å². The van der Waals surface area contributed by atoms with Gasteiger partial charge in [-0.15, -0.1) is 11.3 Å². The van der Waals surface area contributed by atoms with Crippen molar-refractivity contribution in [1.29, 1.82) is 0 Å². The van der Waals surface area contributed by atoms with Crippen LogP contribution < -0.4 is 5.73 Å². The second-order valence-electron chi connectivity index (χ2n) is 4.18. The minimum Gasteiger partial charge on any atom is -0.392 e. The molecule has 1 aromatic heterocycles. The number of sulfonamides is 1. The number of aryl methyl sites for hydroxylation is 1. The summed E-state index contributed by atoms with van der Waals surface area (Å²) in [4.78, 5) is 1.23. The fourth-order valence-corrected chi connectivity index (χ4v) is 4.76. The van der Waals surface area contributed by atoms with Crippen molar-refractivity contribution in [3.63, 3.8) is 0 Å². The summed E-state index contributed by atoms with van der Waals surface area (Å²) in [7, 11) is -3.50. The molecule has 7 heteroatoms. The van der Waals surface area contributed by atoms with Gasteiger partial charge in [-0.1, -0.05) is 19.1 Å². The van der Waals surface area contributed by atoms with Gasteiger partial charge in [-0.05, 0) is 32.4 Å². The van der Waals surface area contributed by atoms with Crippen molar-refractivity contribution >= 4 is 38.6 Å². The van der Waals surface area contributed by atoms with E-state index in [-0.39, 0.29) is 17.6 Å². The molecule has 0 aliphatic rings.